The highest BCUT2D eigenvalue weighted by Crippen LogP contribution is 2.36. The van der Waals surface area contributed by atoms with Gasteiger partial charge in [0.25, 0.3) is 0 Å². The van der Waals surface area contributed by atoms with Crippen LogP contribution in [-0.4, -0.2) is 29.3 Å². The molecule has 0 N–H and O–H groups in total. The van der Waals surface area contributed by atoms with Gasteiger partial charge in [-0.05, 0) is 60.7 Å². The number of carbonyl (C=O) groups excluding carboxylic acids is 4. The summed E-state index contributed by atoms with van der Waals surface area (Å²) in [7, 11) is 0. The number of amides is 2. The van der Waals surface area contributed by atoms with Crippen LogP contribution in [0.2, 0.25) is 5.02 Å². The Labute approximate surface area is 193 Å². The number of ether oxygens (including phenoxy) is 1. The van der Waals surface area contributed by atoms with E-state index >= 15 is 0 Å². The van der Waals surface area contributed by atoms with E-state index in [9.17, 15) is 19.2 Å². The van der Waals surface area contributed by atoms with Crippen molar-refractivity contribution in [3.8, 4) is 5.75 Å². The Morgan fingerprint density at radius 2 is 1.69 bits per heavy atom. The molecule has 0 saturated carbocycles. The minimum absolute atomic E-state index is 0.0165. The highest BCUT2D eigenvalue weighted by atomic mass is 35.5. The molecular formula is C24H16ClNO5S. The molecule has 2 amide bonds. The fourth-order valence-electron chi connectivity index (χ4n) is 3.23. The van der Waals surface area contributed by atoms with Crippen LogP contribution in [0.4, 0.5) is 5.69 Å². The van der Waals surface area contributed by atoms with E-state index in [-0.39, 0.29) is 23.8 Å². The van der Waals surface area contributed by atoms with E-state index in [1.54, 1.807) is 60.7 Å². The molecule has 1 aliphatic rings. The maximum absolute atomic E-state index is 12.9. The zero-order valence-electron chi connectivity index (χ0n) is 16.6. The fourth-order valence-corrected chi connectivity index (χ4v) is 4.53. The summed E-state index contributed by atoms with van der Waals surface area (Å²) in [5.74, 6) is -0.972. The molecule has 3 aromatic carbocycles. The van der Waals surface area contributed by atoms with E-state index < -0.39 is 11.2 Å². The number of nitrogens with zero attached hydrogens (tertiary/aromatic N) is 1. The summed E-state index contributed by atoms with van der Waals surface area (Å²) in [4.78, 5) is 50.7. The quantitative estimate of drug-likeness (QED) is 0.225. The Hall–Kier alpha value is -3.42. The van der Waals surface area contributed by atoms with Gasteiger partial charge in [0.15, 0.2) is 0 Å². The molecular weight excluding hydrogens is 450 g/mol. The number of aldehydes is 1. The number of hydrogen-bond donors (Lipinski definition) is 0. The van der Waals surface area contributed by atoms with Crippen LogP contribution >= 0.6 is 23.4 Å². The Morgan fingerprint density at radius 3 is 2.38 bits per heavy atom. The van der Waals surface area contributed by atoms with Crippen molar-refractivity contribution in [3.63, 3.8) is 0 Å². The van der Waals surface area contributed by atoms with E-state index in [1.165, 1.54) is 12.1 Å². The molecule has 32 heavy (non-hydrogen) atoms. The summed E-state index contributed by atoms with van der Waals surface area (Å²) in [5.41, 5.74) is 1.21. The lowest BCUT2D eigenvalue weighted by atomic mass is 10.2. The molecule has 0 unspecified atom stereocenters. The van der Waals surface area contributed by atoms with Gasteiger partial charge in [-0.2, -0.15) is 0 Å². The molecule has 160 valence electrons. The number of hydrogen-bond acceptors (Lipinski definition) is 6. The lowest BCUT2D eigenvalue weighted by Gasteiger charge is -2.15. The molecule has 8 heteroatoms. The molecule has 1 fully saturated rings. The molecule has 3 aromatic rings. The Balaban J connectivity index is 1.52. The molecule has 4 rings (SSSR count). The molecule has 0 radical (unpaired) electrons. The topological polar surface area (TPSA) is 80.8 Å². The fraction of sp³-hybridized carbons (Fsp3) is 0.0833. The van der Waals surface area contributed by atoms with E-state index in [1.807, 2.05) is 0 Å². The second-order valence-corrected chi connectivity index (χ2v) is 8.61. The molecule has 0 aromatic heterocycles. The molecule has 0 aliphatic carbocycles. The normalized spacial score (nSPS) is 15.7. The Kier molecular flexibility index (Phi) is 6.39. The summed E-state index contributed by atoms with van der Waals surface area (Å²) >= 11 is 7.05. The van der Waals surface area contributed by atoms with Gasteiger partial charge in [-0.15, -0.1) is 11.8 Å². The van der Waals surface area contributed by atoms with Crippen molar-refractivity contribution in [2.24, 2.45) is 0 Å². The van der Waals surface area contributed by atoms with Gasteiger partial charge < -0.3 is 4.74 Å². The minimum atomic E-state index is -0.668. The molecule has 1 aliphatic heterocycles. The predicted molar refractivity (Wildman–Crippen MR) is 121 cm³/mol. The Bertz CT molecular complexity index is 1190. The SMILES string of the molecule is O=Cc1ccc(OC(=O)c2ccccc2S[C@@H]2CC(=O)N(c3ccc(Cl)cc3)C2=O)cc1. The molecule has 1 saturated heterocycles. The van der Waals surface area contributed by atoms with Crippen LogP contribution in [0.15, 0.2) is 77.7 Å². The predicted octanol–water partition coefficient (Wildman–Crippen LogP) is 4.80. The third kappa shape index (κ3) is 4.59. The Morgan fingerprint density at radius 1 is 1.00 bits per heavy atom. The van der Waals surface area contributed by atoms with Crippen molar-refractivity contribution < 1.29 is 23.9 Å². The van der Waals surface area contributed by atoms with Crippen LogP contribution in [-0.2, 0) is 9.59 Å². The largest absolute Gasteiger partial charge is 0.423 e. The van der Waals surface area contributed by atoms with E-state index in [2.05, 4.69) is 0 Å². The summed E-state index contributed by atoms with van der Waals surface area (Å²) < 4.78 is 5.41. The molecule has 0 spiro atoms. The summed E-state index contributed by atoms with van der Waals surface area (Å²) in [5, 5.41) is -0.161. The van der Waals surface area contributed by atoms with Crippen molar-refractivity contribution in [2.75, 3.05) is 4.90 Å². The van der Waals surface area contributed by atoms with Crippen molar-refractivity contribution >= 4 is 53.1 Å². The smallest absolute Gasteiger partial charge is 0.344 e. The summed E-state index contributed by atoms with van der Waals surface area (Å²) in [6.07, 6.45) is 0.716. The van der Waals surface area contributed by atoms with Gasteiger partial charge in [-0.1, -0.05) is 23.7 Å². The monoisotopic (exact) mass is 465 g/mol. The zero-order valence-corrected chi connectivity index (χ0v) is 18.1. The number of benzene rings is 3. The minimum Gasteiger partial charge on any atom is -0.423 e. The number of thioether (sulfide) groups is 1. The first-order chi connectivity index (χ1) is 15.5. The van der Waals surface area contributed by atoms with Crippen molar-refractivity contribution in [2.45, 2.75) is 16.6 Å². The maximum Gasteiger partial charge on any atom is 0.344 e. The third-order valence-corrected chi connectivity index (χ3v) is 6.31. The second-order valence-electron chi connectivity index (χ2n) is 6.93. The lowest BCUT2D eigenvalue weighted by Crippen LogP contribution is -2.31. The van der Waals surface area contributed by atoms with Gasteiger partial charge >= 0.3 is 5.97 Å². The average molecular weight is 466 g/mol. The highest BCUT2D eigenvalue weighted by Gasteiger charge is 2.40. The number of rotatable bonds is 6. The van der Waals surface area contributed by atoms with Crippen LogP contribution < -0.4 is 9.64 Å². The molecule has 0 bridgehead atoms. The van der Waals surface area contributed by atoms with Crippen LogP contribution in [0, 0.1) is 0 Å². The summed E-state index contributed by atoms with van der Waals surface area (Å²) in [6.45, 7) is 0. The molecule has 1 atom stereocenters. The van der Waals surface area contributed by atoms with Gasteiger partial charge in [0.05, 0.1) is 16.5 Å². The van der Waals surface area contributed by atoms with Crippen molar-refractivity contribution in [1.29, 1.82) is 0 Å². The first kappa shape index (κ1) is 21.8. The first-order valence-electron chi connectivity index (χ1n) is 9.62. The maximum atomic E-state index is 12.9. The van der Waals surface area contributed by atoms with Crippen molar-refractivity contribution in [3.05, 3.63) is 88.9 Å². The first-order valence-corrected chi connectivity index (χ1v) is 10.9. The van der Waals surface area contributed by atoms with Gasteiger partial charge in [0, 0.05) is 21.9 Å². The number of carbonyl (C=O) groups is 4. The second kappa shape index (κ2) is 9.38. The summed E-state index contributed by atoms with van der Waals surface area (Å²) in [6, 6.07) is 19.4. The highest BCUT2D eigenvalue weighted by molar-refractivity contribution is 8.00. The van der Waals surface area contributed by atoms with Crippen molar-refractivity contribution in [1.82, 2.24) is 0 Å². The standard InChI is InChI=1S/C24H16ClNO5S/c25-16-7-9-17(10-8-16)26-22(28)13-21(23(26)29)32-20-4-2-1-3-19(20)24(30)31-18-11-5-15(14-27)6-12-18/h1-12,14,21H,13H2/t21-/m1/s1. The van der Waals surface area contributed by atoms with Gasteiger partial charge in [-0.25, -0.2) is 9.69 Å². The van der Waals surface area contributed by atoms with Gasteiger partial charge in [-0.3, -0.25) is 14.4 Å². The number of esters is 1. The van der Waals surface area contributed by atoms with Gasteiger partial charge in [0.2, 0.25) is 11.8 Å². The van der Waals surface area contributed by atoms with E-state index in [4.69, 9.17) is 16.3 Å². The lowest BCUT2D eigenvalue weighted by molar-refractivity contribution is -0.121. The van der Waals surface area contributed by atoms with Crippen LogP contribution in [0.25, 0.3) is 0 Å². The third-order valence-electron chi connectivity index (χ3n) is 4.79. The van der Waals surface area contributed by atoms with Crippen LogP contribution in [0.5, 0.6) is 5.75 Å². The van der Waals surface area contributed by atoms with Gasteiger partial charge in [0.1, 0.15) is 12.0 Å². The van der Waals surface area contributed by atoms with E-state index in [0.717, 1.165) is 16.7 Å². The van der Waals surface area contributed by atoms with E-state index in [0.29, 0.717) is 33.2 Å². The van der Waals surface area contributed by atoms with Crippen LogP contribution in [0.1, 0.15) is 27.1 Å². The number of anilines is 1. The average Bonchev–Trinajstić information content (AvgIpc) is 3.08. The number of halogens is 1. The number of imide groups is 1. The van der Waals surface area contributed by atoms with Crippen LogP contribution in [0.3, 0.4) is 0 Å². The molecule has 1 heterocycles. The molecule has 6 nitrogen and oxygen atoms in total. The zero-order chi connectivity index (χ0) is 22.7.